The second-order valence-electron chi connectivity index (χ2n) is 4.41. The highest BCUT2D eigenvalue weighted by Gasteiger charge is 2.54. The molecule has 0 unspecified atom stereocenters. The lowest BCUT2D eigenvalue weighted by Gasteiger charge is -2.33. The number of carbonyl (C=O) groups excluding carboxylic acids is 2. The monoisotopic (exact) mass is 244 g/mol. The van der Waals surface area contributed by atoms with Gasteiger partial charge < -0.3 is 14.6 Å². The van der Waals surface area contributed by atoms with Crippen LogP contribution in [0.1, 0.15) is 32.1 Å². The Morgan fingerprint density at radius 1 is 1.18 bits per heavy atom. The minimum atomic E-state index is -1.32. The molecule has 0 aromatic heterocycles. The SMILES string of the molecule is COC(=O)C(CCO)(C(=O)OC)C1CCCC1. The standard InChI is InChI=1S/C12H20O5/c1-16-10(14)12(7-8-13,11(15)17-2)9-5-3-4-6-9/h9,13H,3-8H2,1-2H3. The summed E-state index contributed by atoms with van der Waals surface area (Å²) in [6, 6.07) is 0. The topological polar surface area (TPSA) is 72.8 Å². The fourth-order valence-corrected chi connectivity index (χ4v) is 2.78. The van der Waals surface area contributed by atoms with E-state index in [4.69, 9.17) is 14.6 Å². The summed E-state index contributed by atoms with van der Waals surface area (Å²) in [5.41, 5.74) is -1.32. The van der Waals surface area contributed by atoms with Gasteiger partial charge in [0.2, 0.25) is 0 Å². The minimum Gasteiger partial charge on any atom is -0.468 e. The van der Waals surface area contributed by atoms with Crippen molar-refractivity contribution in [3.8, 4) is 0 Å². The molecule has 98 valence electrons. The van der Waals surface area contributed by atoms with Crippen LogP contribution in [-0.4, -0.2) is 37.9 Å². The molecule has 0 spiro atoms. The van der Waals surface area contributed by atoms with Crippen LogP contribution in [-0.2, 0) is 19.1 Å². The Morgan fingerprint density at radius 3 is 2.00 bits per heavy atom. The van der Waals surface area contributed by atoms with Gasteiger partial charge in [-0.2, -0.15) is 0 Å². The first-order chi connectivity index (χ1) is 8.13. The van der Waals surface area contributed by atoms with Crippen LogP contribution in [0.2, 0.25) is 0 Å². The molecule has 0 aromatic carbocycles. The van der Waals surface area contributed by atoms with Gasteiger partial charge in [0.25, 0.3) is 0 Å². The van der Waals surface area contributed by atoms with E-state index in [0.29, 0.717) is 0 Å². The molecule has 0 amide bonds. The Balaban J connectivity index is 3.08. The molecule has 0 radical (unpaired) electrons. The van der Waals surface area contributed by atoms with E-state index in [2.05, 4.69) is 0 Å². The number of hydrogen-bond donors (Lipinski definition) is 1. The molecule has 1 aliphatic rings. The zero-order valence-electron chi connectivity index (χ0n) is 10.4. The zero-order chi connectivity index (χ0) is 12.9. The molecule has 1 aliphatic carbocycles. The highest BCUT2D eigenvalue weighted by Crippen LogP contribution is 2.44. The molecule has 1 rings (SSSR count). The molecular formula is C12H20O5. The summed E-state index contributed by atoms with van der Waals surface area (Å²) in [4.78, 5) is 24.0. The van der Waals surface area contributed by atoms with E-state index in [9.17, 15) is 9.59 Å². The quantitative estimate of drug-likeness (QED) is 0.574. The molecule has 1 N–H and O–H groups in total. The van der Waals surface area contributed by atoms with Crippen molar-refractivity contribution >= 4 is 11.9 Å². The predicted octanol–water partition coefficient (Wildman–Crippen LogP) is 0.891. The van der Waals surface area contributed by atoms with E-state index in [1.54, 1.807) is 0 Å². The van der Waals surface area contributed by atoms with Crippen molar-refractivity contribution in [1.82, 2.24) is 0 Å². The summed E-state index contributed by atoms with van der Waals surface area (Å²) in [6.07, 6.45) is 3.64. The van der Waals surface area contributed by atoms with Crippen molar-refractivity contribution in [3.05, 3.63) is 0 Å². The normalized spacial score (nSPS) is 16.9. The summed E-state index contributed by atoms with van der Waals surface area (Å²) in [5.74, 6) is -1.27. The van der Waals surface area contributed by atoms with Gasteiger partial charge in [0.1, 0.15) is 0 Å². The maximum absolute atomic E-state index is 12.0. The minimum absolute atomic E-state index is 0.0665. The number of methoxy groups -OCH3 is 2. The number of hydrogen-bond acceptors (Lipinski definition) is 5. The Hall–Kier alpha value is -1.10. The summed E-state index contributed by atoms with van der Waals surface area (Å²) >= 11 is 0. The van der Waals surface area contributed by atoms with Crippen LogP contribution in [0.5, 0.6) is 0 Å². The molecule has 0 atom stereocenters. The molecule has 0 aliphatic heterocycles. The maximum atomic E-state index is 12.0. The molecule has 5 heteroatoms. The Bertz CT molecular complexity index is 265. The van der Waals surface area contributed by atoms with Crippen LogP contribution in [0.4, 0.5) is 0 Å². The highest BCUT2D eigenvalue weighted by atomic mass is 16.5. The number of ether oxygens (including phenoxy) is 2. The van der Waals surface area contributed by atoms with Gasteiger partial charge in [0, 0.05) is 6.61 Å². The highest BCUT2D eigenvalue weighted by molar-refractivity contribution is 6.00. The molecule has 0 bridgehead atoms. The first-order valence-corrected chi connectivity index (χ1v) is 5.91. The van der Waals surface area contributed by atoms with Crippen molar-refractivity contribution in [2.24, 2.45) is 11.3 Å². The average molecular weight is 244 g/mol. The molecule has 0 aromatic rings. The number of aliphatic hydroxyl groups excluding tert-OH is 1. The summed E-state index contributed by atoms with van der Waals surface area (Å²) < 4.78 is 9.51. The number of esters is 2. The average Bonchev–Trinajstić information content (AvgIpc) is 2.88. The van der Waals surface area contributed by atoms with E-state index < -0.39 is 17.4 Å². The number of carbonyl (C=O) groups is 2. The van der Waals surface area contributed by atoms with Crippen LogP contribution in [0.25, 0.3) is 0 Å². The van der Waals surface area contributed by atoms with Gasteiger partial charge in [-0.15, -0.1) is 0 Å². The summed E-state index contributed by atoms with van der Waals surface area (Å²) in [6.45, 7) is -0.235. The second kappa shape index (κ2) is 6.00. The molecule has 1 saturated carbocycles. The molecule has 17 heavy (non-hydrogen) atoms. The van der Waals surface area contributed by atoms with Gasteiger partial charge in [0.05, 0.1) is 14.2 Å². The van der Waals surface area contributed by atoms with Gasteiger partial charge in [-0.05, 0) is 25.2 Å². The smallest absolute Gasteiger partial charge is 0.323 e. The molecule has 0 saturated heterocycles. The van der Waals surface area contributed by atoms with Crippen LogP contribution in [0, 0.1) is 11.3 Å². The van der Waals surface area contributed by atoms with E-state index >= 15 is 0 Å². The van der Waals surface area contributed by atoms with E-state index in [1.807, 2.05) is 0 Å². The van der Waals surface area contributed by atoms with Crippen molar-refractivity contribution in [3.63, 3.8) is 0 Å². The molecule has 0 heterocycles. The van der Waals surface area contributed by atoms with Crippen LogP contribution in [0.3, 0.4) is 0 Å². The van der Waals surface area contributed by atoms with E-state index in [1.165, 1.54) is 14.2 Å². The first kappa shape index (κ1) is 14.0. The van der Waals surface area contributed by atoms with Crippen LogP contribution in [0.15, 0.2) is 0 Å². The lowest BCUT2D eigenvalue weighted by molar-refractivity contribution is -0.175. The third kappa shape index (κ3) is 2.44. The van der Waals surface area contributed by atoms with Gasteiger partial charge in [0.15, 0.2) is 5.41 Å². The largest absolute Gasteiger partial charge is 0.468 e. The number of aliphatic hydroxyl groups is 1. The summed E-state index contributed by atoms with van der Waals surface area (Å²) in [5, 5.41) is 9.14. The Morgan fingerprint density at radius 2 is 1.65 bits per heavy atom. The lowest BCUT2D eigenvalue weighted by atomic mass is 9.72. The van der Waals surface area contributed by atoms with Gasteiger partial charge >= 0.3 is 11.9 Å². The van der Waals surface area contributed by atoms with Gasteiger partial charge in [-0.3, -0.25) is 9.59 Å². The lowest BCUT2D eigenvalue weighted by Crippen LogP contribution is -2.47. The third-order valence-corrected chi connectivity index (χ3v) is 3.66. The fraction of sp³-hybridized carbons (Fsp3) is 0.833. The molecular weight excluding hydrogens is 224 g/mol. The van der Waals surface area contributed by atoms with E-state index in [-0.39, 0.29) is 18.9 Å². The summed E-state index contributed by atoms with van der Waals surface area (Å²) in [7, 11) is 2.51. The Kier molecular flexibility index (Phi) is 4.93. The van der Waals surface area contributed by atoms with Crippen LogP contribution < -0.4 is 0 Å². The molecule has 5 nitrogen and oxygen atoms in total. The van der Waals surface area contributed by atoms with E-state index in [0.717, 1.165) is 25.7 Å². The van der Waals surface area contributed by atoms with Crippen molar-refractivity contribution in [2.45, 2.75) is 32.1 Å². The van der Waals surface area contributed by atoms with Gasteiger partial charge in [-0.25, -0.2) is 0 Å². The zero-order valence-corrected chi connectivity index (χ0v) is 10.4. The maximum Gasteiger partial charge on any atom is 0.323 e. The predicted molar refractivity (Wildman–Crippen MR) is 60.1 cm³/mol. The van der Waals surface area contributed by atoms with Crippen molar-refractivity contribution in [2.75, 3.05) is 20.8 Å². The van der Waals surface area contributed by atoms with Gasteiger partial charge in [-0.1, -0.05) is 12.8 Å². The fourth-order valence-electron chi connectivity index (χ4n) is 2.78. The second-order valence-corrected chi connectivity index (χ2v) is 4.41. The van der Waals surface area contributed by atoms with Crippen molar-refractivity contribution < 1.29 is 24.2 Å². The van der Waals surface area contributed by atoms with Crippen molar-refractivity contribution in [1.29, 1.82) is 0 Å². The molecule has 1 fully saturated rings. The third-order valence-electron chi connectivity index (χ3n) is 3.66. The van der Waals surface area contributed by atoms with Crippen LogP contribution >= 0.6 is 0 Å². The number of rotatable bonds is 5. The Labute approximate surface area is 101 Å². The first-order valence-electron chi connectivity index (χ1n) is 5.91.